The highest BCUT2D eigenvalue weighted by Gasteiger charge is 2.24. The number of fused-ring (bicyclic) bond motifs is 1. The number of rotatable bonds is 10. The van der Waals surface area contributed by atoms with Crippen LogP contribution in [0.4, 0.5) is 5.13 Å². The number of anilines is 1. The summed E-state index contributed by atoms with van der Waals surface area (Å²) in [6.07, 6.45) is -0.0810. The van der Waals surface area contributed by atoms with Crippen molar-refractivity contribution in [1.82, 2.24) is 9.88 Å². The maximum Gasteiger partial charge on any atom is 0.229 e. The number of benzene rings is 2. The Labute approximate surface area is 201 Å². The zero-order chi connectivity index (χ0) is 24.2. The smallest absolute Gasteiger partial charge is 0.229 e. The molecule has 6 nitrogen and oxygen atoms in total. The van der Waals surface area contributed by atoms with Gasteiger partial charge in [0, 0.05) is 19.5 Å². The number of nitrogens with zero attached hydrogens (tertiary/aromatic N) is 3. The highest BCUT2D eigenvalue weighted by molar-refractivity contribution is 7.91. The summed E-state index contributed by atoms with van der Waals surface area (Å²) < 4.78 is 26.7. The summed E-state index contributed by atoms with van der Waals surface area (Å²) in [5, 5.41) is 0.632. The summed E-state index contributed by atoms with van der Waals surface area (Å²) >= 11 is 1.50. The molecule has 0 unspecified atom stereocenters. The van der Waals surface area contributed by atoms with Gasteiger partial charge in [-0.2, -0.15) is 0 Å². The van der Waals surface area contributed by atoms with E-state index in [1.54, 1.807) is 29.2 Å². The minimum atomic E-state index is -3.54. The Kier molecular flexibility index (Phi) is 8.26. The first-order valence-electron chi connectivity index (χ1n) is 11.3. The number of sulfone groups is 1. The lowest BCUT2D eigenvalue weighted by Crippen LogP contribution is -2.39. The first-order valence-corrected chi connectivity index (χ1v) is 13.8. The third-order valence-electron chi connectivity index (χ3n) is 5.96. The van der Waals surface area contributed by atoms with E-state index in [0.717, 1.165) is 40.0 Å². The third kappa shape index (κ3) is 5.99. The van der Waals surface area contributed by atoms with Crippen LogP contribution in [0.15, 0.2) is 41.3 Å². The molecule has 3 rings (SSSR count). The molecule has 33 heavy (non-hydrogen) atoms. The maximum absolute atomic E-state index is 13.3. The average molecular weight is 488 g/mol. The molecule has 1 aromatic heterocycles. The fraction of sp³-hybridized carbons (Fsp3) is 0.440. The van der Waals surface area contributed by atoms with Gasteiger partial charge in [-0.3, -0.25) is 9.69 Å². The number of carbonyl (C=O) groups is 1. The largest absolute Gasteiger partial charge is 0.302 e. The molecule has 0 aliphatic rings. The summed E-state index contributed by atoms with van der Waals surface area (Å²) in [5.41, 5.74) is 4.09. The van der Waals surface area contributed by atoms with Crippen molar-refractivity contribution in [2.75, 3.05) is 36.8 Å². The Hall–Kier alpha value is -2.29. The normalized spacial score (nSPS) is 11.9. The summed E-state index contributed by atoms with van der Waals surface area (Å²) in [5.74, 6) is -0.438. The Morgan fingerprint density at radius 1 is 0.939 bits per heavy atom. The predicted molar refractivity (Wildman–Crippen MR) is 137 cm³/mol. The Morgan fingerprint density at radius 3 is 2.18 bits per heavy atom. The molecule has 1 amide bonds. The molecule has 0 saturated carbocycles. The van der Waals surface area contributed by atoms with Gasteiger partial charge >= 0.3 is 0 Å². The number of carbonyl (C=O) groups excluding carboxylic acids is 1. The second-order valence-electron chi connectivity index (χ2n) is 8.33. The Morgan fingerprint density at radius 2 is 1.58 bits per heavy atom. The SMILES string of the molecule is CCN(CC)CCN(C(=O)CCS(=O)(=O)c1ccc(C)cc1)c1nc2c(C)ccc(C)c2s1. The van der Waals surface area contributed by atoms with Gasteiger partial charge in [-0.1, -0.05) is 55.0 Å². The number of likely N-dealkylation sites (N-methyl/N-ethyl adjacent to an activating group) is 1. The number of aryl methyl sites for hydroxylation is 3. The van der Waals surface area contributed by atoms with Crippen molar-refractivity contribution in [2.24, 2.45) is 0 Å². The summed E-state index contributed by atoms with van der Waals surface area (Å²) in [7, 11) is -3.54. The second-order valence-corrected chi connectivity index (χ2v) is 11.4. The van der Waals surface area contributed by atoms with Gasteiger partial charge in [0.15, 0.2) is 15.0 Å². The zero-order valence-corrected chi connectivity index (χ0v) is 21.7. The van der Waals surface area contributed by atoms with Crippen molar-refractivity contribution in [1.29, 1.82) is 0 Å². The number of hydrogen-bond donors (Lipinski definition) is 0. The van der Waals surface area contributed by atoms with Crippen LogP contribution in [0.1, 0.15) is 37.0 Å². The van der Waals surface area contributed by atoms with Crippen molar-refractivity contribution < 1.29 is 13.2 Å². The van der Waals surface area contributed by atoms with E-state index in [1.807, 2.05) is 26.8 Å². The number of aromatic nitrogens is 1. The van der Waals surface area contributed by atoms with Crippen molar-refractivity contribution in [3.63, 3.8) is 0 Å². The van der Waals surface area contributed by atoms with Crippen molar-refractivity contribution in [2.45, 2.75) is 45.9 Å². The van der Waals surface area contributed by atoms with E-state index in [4.69, 9.17) is 4.98 Å². The minimum Gasteiger partial charge on any atom is -0.302 e. The molecule has 0 aliphatic carbocycles. The van der Waals surface area contributed by atoms with Gasteiger partial charge in [-0.15, -0.1) is 0 Å². The van der Waals surface area contributed by atoms with Crippen LogP contribution in [0.3, 0.4) is 0 Å². The lowest BCUT2D eigenvalue weighted by Gasteiger charge is -2.24. The van der Waals surface area contributed by atoms with Gasteiger partial charge in [0.25, 0.3) is 0 Å². The Bertz CT molecular complexity index is 1170. The predicted octanol–water partition coefficient (Wildman–Crippen LogP) is 4.76. The number of thiazole rings is 1. The maximum atomic E-state index is 13.3. The van der Waals surface area contributed by atoms with Crippen molar-refractivity contribution >= 4 is 42.4 Å². The molecular weight excluding hydrogens is 454 g/mol. The lowest BCUT2D eigenvalue weighted by molar-refractivity contribution is -0.118. The molecule has 0 saturated heterocycles. The lowest BCUT2D eigenvalue weighted by atomic mass is 10.1. The molecular formula is C25H33N3O3S2. The second kappa shape index (κ2) is 10.8. The van der Waals surface area contributed by atoms with E-state index in [9.17, 15) is 13.2 Å². The number of hydrogen-bond acceptors (Lipinski definition) is 6. The first-order chi connectivity index (χ1) is 15.7. The summed E-state index contributed by atoms with van der Waals surface area (Å²) in [4.78, 5) is 22.3. The third-order valence-corrected chi connectivity index (χ3v) is 8.91. The molecule has 0 N–H and O–H groups in total. The van der Waals surface area contributed by atoms with E-state index in [-0.39, 0.29) is 23.0 Å². The topological polar surface area (TPSA) is 70.6 Å². The molecule has 0 spiro atoms. The standard InChI is InChI=1S/C25H33N3O3S2/c1-6-27(7-2)15-16-28(25-26-23-19(4)10-11-20(5)24(23)32-25)22(29)14-17-33(30,31)21-12-8-18(3)9-13-21/h8-13H,6-7,14-17H2,1-5H3. The van der Waals surface area contributed by atoms with E-state index in [2.05, 4.69) is 24.8 Å². The van der Waals surface area contributed by atoms with Crippen LogP contribution >= 0.6 is 11.3 Å². The van der Waals surface area contributed by atoms with Crippen LogP contribution in [0.25, 0.3) is 10.2 Å². The van der Waals surface area contributed by atoms with Gasteiger partial charge in [0.1, 0.15) is 0 Å². The van der Waals surface area contributed by atoms with Crippen molar-refractivity contribution in [3.8, 4) is 0 Å². The van der Waals surface area contributed by atoms with Gasteiger partial charge in [-0.25, -0.2) is 13.4 Å². The first kappa shape index (κ1) is 25.3. The number of amides is 1. The molecule has 0 aliphatic heterocycles. The highest BCUT2D eigenvalue weighted by Crippen LogP contribution is 2.33. The van der Waals surface area contributed by atoms with E-state index < -0.39 is 9.84 Å². The van der Waals surface area contributed by atoms with Crippen LogP contribution in [-0.2, 0) is 14.6 Å². The van der Waals surface area contributed by atoms with Crippen LogP contribution < -0.4 is 4.90 Å². The minimum absolute atomic E-state index is 0.0810. The van der Waals surface area contributed by atoms with Gasteiger partial charge in [-0.05, 0) is 57.1 Å². The fourth-order valence-corrected chi connectivity index (χ4v) is 6.08. The van der Waals surface area contributed by atoms with E-state index >= 15 is 0 Å². The van der Waals surface area contributed by atoms with Gasteiger partial charge < -0.3 is 4.90 Å². The van der Waals surface area contributed by atoms with Crippen molar-refractivity contribution in [3.05, 3.63) is 53.1 Å². The molecule has 0 bridgehead atoms. The molecule has 178 valence electrons. The van der Waals surface area contributed by atoms with Crippen LogP contribution in [0.2, 0.25) is 0 Å². The molecule has 0 radical (unpaired) electrons. The molecule has 0 atom stereocenters. The molecule has 3 aromatic rings. The Balaban J connectivity index is 1.86. The van der Waals surface area contributed by atoms with Crippen LogP contribution in [0.5, 0.6) is 0 Å². The summed E-state index contributed by atoms with van der Waals surface area (Å²) in [6, 6.07) is 10.9. The zero-order valence-electron chi connectivity index (χ0n) is 20.1. The average Bonchev–Trinajstić information content (AvgIpc) is 3.24. The molecule has 1 heterocycles. The van der Waals surface area contributed by atoms with E-state index in [1.165, 1.54) is 11.3 Å². The molecule has 8 heteroatoms. The van der Waals surface area contributed by atoms with E-state index in [0.29, 0.717) is 18.2 Å². The molecule has 2 aromatic carbocycles. The van der Waals surface area contributed by atoms with Crippen LogP contribution in [-0.4, -0.2) is 56.1 Å². The van der Waals surface area contributed by atoms with Gasteiger partial charge in [0.05, 0.1) is 20.9 Å². The fourth-order valence-electron chi connectivity index (χ4n) is 3.69. The molecule has 0 fully saturated rings. The van der Waals surface area contributed by atoms with Gasteiger partial charge in [0.2, 0.25) is 5.91 Å². The monoisotopic (exact) mass is 487 g/mol. The quantitative estimate of drug-likeness (QED) is 0.412. The van der Waals surface area contributed by atoms with Crippen LogP contribution in [0, 0.1) is 20.8 Å². The highest BCUT2D eigenvalue weighted by atomic mass is 32.2. The summed E-state index contributed by atoms with van der Waals surface area (Å²) in [6.45, 7) is 13.1.